The van der Waals surface area contributed by atoms with E-state index in [2.05, 4.69) is 99.8 Å². The number of unbranched alkanes of at least 4 members (excludes halogenated alkanes) is 41. The first kappa shape index (κ1) is 79.6. The maximum absolute atomic E-state index is 12.9. The number of hydrogen-bond donors (Lipinski definition) is 0. The van der Waals surface area contributed by atoms with E-state index in [1.807, 2.05) is 6.08 Å². The topological polar surface area (TPSA) is 78.9 Å². The molecule has 83 heavy (non-hydrogen) atoms. The zero-order valence-electron chi connectivity index (χ0n) is 55.2. The second-order valence-corrected chi connectivity index (χ2v) is 24.1. The summed E-state index contributed by atoms with van der Waals surface area (Å²) in [5.74, 6) is -0.970. The Morgan fingerprint density at radius 1 is 0.253 bits per heavy atom. The van der Waals surface area contributed by atoms with Crippen LogP contribution in [0.2, 0.25) is 0 Å². The Balaban J connectivity index is 4.22. The lowest BCUT2D eigenvalue weighted by Gasteiger charge is -2.18. The molecule has 0 aromatic rings. The summed E-state index contributed by atoms with van der Waals surface area (Å²) < 4.78 is 16.9. The average molecular weight is 1160 g/mol. The maximum atomic E-state index is 12.9. The van der Waals surface area contributed by atoms with Crippen LogP contribution >= 0.6 is 0 Å². The lowest BCUT2D eigenvalue weighted by molar-refractivity contribution is -0.166. The van der Waals surface area contributed by atoms with Gasteiger partial charge in [0, 0.05) is 19.3 Å². The SMILES string of the molecule is CC/C=C\C/C=C\C/C=C\C/C=C\CCC(=O)OCC(COC(=O)CCCCCCCCCCCCCCCCCCCCC/C=C\CCCCCCCCCC)OC(=O)CCCCCCCCCCC/C=C\C/C=C\CCCCCCC. The van der Waals surface area contributed by atoms with E-state index in [9.17, 15) is 14.4 Å². The number of ether oxygens (including phenoxy) is 3. The maximum Gasteiger partial charge on any atom is 0.306 e. The first-order valence-corrected chi connectivity index (χ1v) is 36.1. The lowest BCUT2D eigenvalue weighted by Crippen LogP contribution is -2.30. The molecule has 0 rings (SSSR count). The summed E-state index contributed by atoms with van der Waals surface area (Å²) in [5.41, 5.74) is 0. The molecule has 6 nitrogen and oxygen atoms in total. The number of rotatable bonds is 66. The molecule has 0 saturated heterocycles. The second kappa shape index (κ2) is 71.1. The van der Waals surface area contributed by atoms with Gasteiger partial charge in [-0.3, -0.25) is 14.4 Å². The first-order chi connectivity index (χ1) is 41.0. The van der Waals surface area contributed by atoms with Crippen molar-refractivity contribution in [3.05, 3.63) is 85.1 Å². The van der Waals surface area contributed by atoms with E-state index in [4.69, 9.17) is 14.2 Å². The normalized spacial score (nSPS) is 12.6. The molecule has 0 aromatic carbocycles. The molecule has 0 amide bonds. The summed E-state index contributed by atoms with van der Waals surface area (Å²) in [6.45, 7) is 6.49. The van der Waals surface area contributed by atoms with Crippen molar-refractivity contribution < 1.29 is 28.6 Å². The van der Waals surface area contributed by atoms with Gasteiger partial charge in [0.05, 0.1) is 0 Å². The largest absolute Gasteiger partial charge is 0.462 e. The summed E-state index contributed by atoms with van der Waals surface area (Å²) in [6.07, 6.45) is 95.1. The molecule has 0 bridgehead atoms. The van der Waals surface area contributed by atoms with Crippen LogP contribution in [0.1, 0.15) is 367 Å². The predicted octanol–water partition coefficient (Wildman–Crippen LogP) is 25.0. The van der Waals surface area contributed by atoms with Gasteiger partial charge in [-0.15, -0.1) is 0 Å². The van der Waals surface area contributed by atoms with Crippen LogP contribution in [0.3, 0.4) is 0 Å². The van der Waals surface area contributed by atoms with Crippen molar-refractivity contribution in [2.45, 2.75) is 374 Å². The van der Waals surface area contributed by atoms with Gasteiger partial charge in [-0.25, -0.2) is 0 Å². The third-order valence-corrected chi connectivity index (χ3v) is 15.9. The van der Waals surface area contributed by atoms with Gasteiger partial charge in [0.2, 0.25) is 0 Å². The Morgan fingerprint density at radius 2 is 0.494 bits per heavy atom. The van der Waals surface area contributed by atoms with Gasteiger partial charge in [0.15, 0.2) is 6.10 Å². The Bertz CT molecular complexity index is 1570. The molecule has 0 N–H and O–H groups in total. The molecule has 480 valence electrons. The highest BCUT2D eigenvalue weighted by molar-refractivity contribution is 5.71. The van der Waals surface area contributed by atoms with Gasteiger partial charge in [-0.05, 0) is 103 Å². The van der Waals surface area contributed by atoms with E-state index in [-0.39, 0.29) is 37.5 Å². The highest BCUT2D eigenvalue weighted by Crippen LogP contribution is 2.18. The number of carbonyl (C=O) groups is 3. The molecule has 0 heterocycles. The van der Waals surface area contributed by atoms with Crippen LogP contribution in [0.25, 0.3) is 0 Å². The summed E-state index contributed by atoms with van der Waals surface area (Å²) in [4.78, 5) is 38.4. The molecule has 0 fully saturated rings. The summed E-state index contributed by atoms with van der Waals surface area (Å²) in [5, 5.41) is 0. The van der Waals surface area contributed by atoms with Crippen LogP contribution in [0.4, 0.5) is 0 Å². The fraction of sp³-hybridized carbons (Fsp3) is 0.779. The highest BCUT2D eigenvalue weighted by Gasteiger charge is 2.19. The molecule has 0 aromatic heterocycles. The fourth-order valence-corrected chi connectivity index (χ4v) is 10.5. The van der Waals surface area contributed by atoms with Crippen molar-refractivity contribution in [2.24, 2.45) is 0 Å². The zero-order chi connectivity index (χ0) is 59.9. The Morgan fingerprint density at radius 3 is 0.819 bits per heavy atom. The Kier molecular flexibility index (Phi) is 68.2. The molecule has 0 aliphatic heterocycles. The van der Waals surface area contributed by atoms with E-state index in [0.29, 0.717) is 19.3 Å². The molecule has 1 unspecified atom stereocenters. The third kappa shape index (κ3) is 69.3. The smallest absolute Gasteiger partial charge is 0.306 e. The van der Waals surface area contributed by atoms with Crippen LogP contribution in [0.5, 0.6) is 0 Å². The van der Waals surface area contributed by atoms with E-state index >= 15 is 0 Å². The highest BCUT2D eigenvalue weighted by atomic mass is 16.6. The van der Waals surface area contributed by atoms with Crippen molar-refractivity contribution in [3.63, 3.8) is 0 Å². The van der Waals surface area contributed by atoms with Gasteiger partial charge >= 0.3 is 17.9 Å². The molecule has 1 atom stereocenters. The van der Waals surface area contributed by atoms with Crippen LogP contribution in [-0.4, -0.2) is 37.2 Å². The molecule has 0 saturated carbocycles. The van der Waals surface area contributed by atoms with E-state index < -0.39 is 6.10 Å². The molecular formula is C77H136O6. The summed E-state index contributed by atoms with van der Waals surface area (Å²) in [7, 11) is 0. The summed E-state index contributed by atoms with van der Waals surface area (Å²) in [6, 6.07) is 0. The minimum atomic E-state index is -0.809. The number of carbonyl (C=O) groups excluding carboxylic acids is 3. The quantitative estimate of drug-likeness (QED) is 0.0261. The van der Waals surface area contributed by atoms with E-state index in [1.54, 1.807) is 0 Å². The average Bonchev–Trinajstić information content (AvgIpc) is 3.49. The first-order valence-electron chi connectivity index (χ1n) is 36.1. The molecule has 0 spiro atoms. The monoisotopic (exact) mass is 1160 g/mol. The molecular weight excluding hydrogens is 1020 g/mol. The van der Waals surface area contributed by atoms with Gasteiger partial charge in [-0.1, -0.05) is 331 Å². The van der Waals surface area contributed by atoms with Gasteiger partial charge in [0.1, 0.15) is 13.2 Å². The minimum Gasteiger partial charge on any atom is -0.462 e. The standard InChI is InChI=1S/C77H136O6/c1-4-7-10-13-16-19-22-25-27-29-31-33-34-35-36-37-38-39-40-41-42-44-45-47-49-52-55-58-61-64-67-70-76(79)82-73-74(72-81-75(78)69-66-63-60-57-54-51-24-21-18-15-12-9-6-3)83-77(80)71-68-65-62-59-56-53-50-48-46-43-32-30-28-26-23-20-17-14-11-8-5-2/h9,12,18,21,23,26,29-32,51,54,60,63,74H,4-8,10-11,13-17,19-20,22,24-25,27-28,33-50,52-53,55-59,61-62,64-73H2,1-3H3/b12-9-,21-18-,26-23-,31-29-,32-30-,54-51-,63-60-. The zero-order valence-corrected chi connectivity index (χ0v) is 55.2. The van der Waals surface area contributed by atoms with Gasteiger partial charge in [0.25, 0.3) is 0 Å². The predicted molar refractivity (Wildman–Crippen MR) is 362 cm³/mol. The fourth-order valence-electron chi connectivity index (χ4n) is 10.5. The Hall–Kier alpha value is -3.41. The van der Waals surface area contributed by atoms with Crippen molar-refractivity contribution in [1.82, 2.24) is 0 Å². The van der Waals surface area contributed by atoms with E-state index in [0.717, 1.165) is 70.6 Å². The van der Waals surface area contributed by atoms with Crippen LogP contribution in [-0.2, 0) is 28.6 Å². The van der Waals surface area contributed by atoms with Gasteiger partial charge < -0.3 is 14.2 Å². The van der Waals surface area contributed by atoms with Crippen LogP contribution in [0, 0.1) is 0 Å². The van der Waals surface area contributed by atoms with E-state index in [1.165, 1.54) is 250 Å². The number of hydrogen-bond acceptors (Lipinski definition) is 6. The van der Waals surface area contributed by atoms with Crippen molar-refractivity contribution in [3.8, 4) is 0 Å². The third-order valence-electron chi connectivity index (χ3n) is 15.9. The van der Waals surface area contributed by atoms with Crippen LogP contribution in [0.15, 0.2) is 85.1 Å². The van der Waals surface area contributed by atoms with Crippen molar-refractivity contribution >= 4 is 17.9 Å². The molecule has 0 radical (unpaired) electrons. The molecule has 0 aliphatic rings. The molecule has 0 aliphatic carbocycles. The van der Waals surface area contributed by atoms with Crippen LogP contribution < -0.4 is 0 Å². The minimum absolute atomic E-state index is 0.0975. The van der Waals surface area contributed by atoms with Crippen molar-refractivity contribution in [1.29, 1.82) is 0 Å². The second-order valence-electron chi connectivity index (χ2n) is 24.1. The van der Waals surface area contributed by atoms with Crippen molar-refractivity contribution in [2.75, 3.05) is 13.2 Å². The Labute approximate surface area is 515 Å². The summed E-state index contributed by atoms with van der Waals surface area (Å²) >= 11 is 0. The number of allylic oxidation sites excluding steroid dienone is 14. The lowest BCUT2D eigenvalue weighted by atomic mass is 10.0. The number of esters is 3. The molecule has 6 heteroatoms. The van der Waals surface area contributed by atoms with Gasteiger partial charge in [-0.2, -0.15) is 0 Å².